The van der Waals surface area contributed by atoms with Crippen LogP contribution in [0.25, 0.3) is 0 Å². The molecule has 0 atom stereocenters. The largest absolute Gasteiger partial charge is 0.382 e. The number of nitrogens with zero attached hydrogens (tertiary/aromatic N) is 2. The number of aromatic nitrogens is 2. The predicted octanol–water partition coefficient (Wildman–Crippen LogP) is -0.231. The summed E-state index contributed by atoms with van der Waals surface area (Å²) in [5, 5.41) is 4.00. The molecule has 1 aromatic heterocycles. The molecular weight excluding hydrogens is 128 g/mol. The van der Waals surface area contributed by atoms with E-state index >= 15 is 0 Å². The molecule has 0 bridgehead atoms. The molecule has 0 unspecified atom stereocenters. The first kappa shape index (κ1) is 7.08. The zero-order valence-electron chi connectivity index (χ0n) is 6.26. The number of nitrogen functional groups attached to an aromatic ring is 1. The Labute approximate surface area is 59.8 Å². The fraction of sp³-hybridized carbons (Fsp3) is 0.500. The van der Waals surface area contributed by atoms with Gasteiger partial charge in [0, 0.05) is 24.8 Å². The minimum Gasteiger partial charge on any atom is -0.382 e. The van der Waals surface area contributed by atoms with E-state index in [4.69, 9.17) is 11.5 Å². The van der Waals surface area contributed by atoms with Gasteiger partial charge in [0.15, 0.2) is 0 Å². The molecule has 0 aromatic carbocycles. The first-order chi connectivity index (χ1) is 4.66. The minimum absolute atomic E-state index is 0.464. The monoisotopic (exact) mass is 140 g/mol. The van der Waals surface area contributed by atoms with E-state index in [2.05, 4.69) is 5.10 Å². The predicted molar refractivity (Wildman–Crippen MR) is 40.2 cm³/mol. The van der Waals surface area contributed by atoms with Crippen molar-refractivity contribution in [3.8, 4) is 0 Å². The van der Waals surface area contributed by atoms with Gasteiger partial charge in [-0.15, -0.1) is 0 Å². The van der Waals surface area contributed by atoms with Gasteiger partial charge in [0.25, 0.3) is 0 Å². The summed E-state index contributed by atoms with van der Waals surface area (Å²) >= 11 is 0. The Balaban J connectivity index is 3.20. The maximum atomic E-state index is 5.54. The van der Waals surface area contributed by atoms with Gasteiger partial charge in [0.1, 0.15) is 5.82 Å². The van der Waals surface area contributed by atoms with E-state index in [1.807, 2.05) is 14.0 Å². The van der Waals surface area contributed by atoms with Crippen LogP contribution in [-0.4, -0.2) is 9.78 Å². The van der Waals surface area contributed by atoms with Crippen LogP contribution in [0.5, 0.6) is 0 Å². The lowest BCUT2D eigenvalue weighted by Crippen LogP contribution is -2.00. The smallest absolute Gasteiger partial charge is 0.150 e. The quantitative estimate of drug-likeness (QED) is 0.566. The molecule has 0 fully saturated rings. The second kappa shape index (κ2) is 2.30. The SMILES string of the molecule is Cc1c(CN)c(N)nn1C. The standard InChI is InChI=1S/C6H12N4/c1-4-5(3-7)6(8)9-10(4)2/h3,7H2,1-2H3,(H2,8,9). The van der Waals surface area contributed by atoms with Gasteiger partial charge in [0.2, 0.25) is 0 Å². The highest BCUT2D eigenvalue weighted by atomic mass is 15.3. The molecule has 4 N–H and O–H groups in total. The molecule has 1 rings (SSSR count). The average molecular weight is 140 g/mol. The van der Waals surface area contributed by atoms with Crippen LogP contribution in [0.4, 0.5) is 5.82 Å². The Morgan fingerprint density at radius 2 is 2.20 bits per heavy atom. The molecule has 1 heterocycles. The summed E-state index contributed by atoms with van der Waals surface area (Å²) in [7, 11) is 1.85. The summed E-state index contributed by atoms with van der Waals surface area (Å²) in [6.07, 6.45) is 0. The van der Waals surface area contributed by atoms with Crippen molar-refractivity contribution in [2.75, 3.05) is 5.73 Å². The molecule has 56 valence electrons. The van der Waals surface area contributed by atoms with Gasteiger partial charge >= 0.3 is 0 Å². The highest BCUT2D eigenvalue weighted by molar-refractivity contribution is 5.41. The fourth-order valence-corrected chi connectivity index (χ4v) is 0.930. The molecule has 0 spiro atoms. The summed E-state index contributed by atoms with van der Waals surface area (Å²) in [6.45, 7) is 2.41. The van der Waals surface area contributed by atoms with Crippen LogP contribution < -0.4 is 11.5 Å². The van der Waals surface area contributed by atoms with Gasteiger partial charge in [-0.25, -0.2) is 0 Å². The molecule has 0 aliphatic carbocycles. The molecule has 0 saturated heterocycles. The average Bonchev–Trinajstić information content (AvgIpc) is 2.09. The van der Waals surface area contributed by atoms with E-state index in [0.717, 1.165) is 11.3 Å². The molecule has 0 amide bonds. The molecule has 0 aliphatic heterocycles. The normalized spacial score (nSPS) is 10.3. The first-order valence-corrected chi connectivity index (χ1v) is 3.14. The third kappa shape index (κ3) is 0.863. The van der Waals surface area contributed by atoms with Crippen molar-refractivity contribution in [2.45, 2.75) is 13.5 Å². The van der Waals surface area contributed by atoms with E-state index in [-0.39, 0.29) is 0 Å². The molecule has 0 saturated carbocycles. The number of nitrogens with two attached hydrogens (primary N) is 2. The zero-order chi connectivity index (χ0) is 7.72. The van der Waals surface area contributed by atoms with Gasteiger partial charge in [0.05, 0.1) is 0 Å². The maximum Gasteiger partial charge on any atom is 0.150 e. The summed E-state index contributed by atoms with van der Waals surface area (Å²) in [4.78, 5) is 0. The molecule has 0 aliphatic rings. The van der Waals surface area contributed by atoms with Crippen molar-refractivity contribution in [2.24, 2.45) is 12.8 Å². The maximum absolute atomic E-state index is 5.54. The van der Waals surface area contributed by atoms with Gasteiger partial charge < -0.3 is 11.5 Å². The van der Waals surface area contributed by atoms with Gasteiger partial charge in [-0.2, -0.15) is 5.10 Å². The van der Waals surface area contributed by atoms with Crippen LogP contribution in [0.1, 0.15) is 11.3 Å². The molecule has 1 aromatic rings. The van der Waals surface area contributed by atoms with Crippen LogP contribution in [-0.2, 0) is 13.6 Å². The van der Waals surface area contributed by atoms with Crippen molar-refractivity contribution < 1.29 is 0 Å². The zero-order valence-corrected chi connectivity index (χ0v) is 6.26. The number of hydrogen-bond donors (Lipinski definition) is 2. The number of rotatable bonds is 1. The fourth-order valence-electron chi connectivity index (χ4n) is 0.930. The summed E-state index contributed by atoms with van der Waals surface area (Å²) < 4.78 is 1.73. The lowest BCUT2D eigenvalue weighted by atomic mass is 10.2. The van der Waals surface area contributed by atoms with Crippen LogP contribution in [0.15, 0.2) is 0 Å². The number of aryl methyl sites for hydroxylation is 1. The number of anilines is 1. The second-order valence-corrected chi connectivity index (χ2v) is 2.28. The lowest BCUT2D eigenvalue weighted by Gasteiger charge is -1.94. The van der Waals surface area contributed by atoms with Crippen molar-refractivity contribution in [1.29, 1.82) is 0 Å². The van der Waals surface area contributed by atoms with E-state index in [1.165, 1.54) is 0 Å². The minimum atomic E-state index is 0.464. The van der Waals surface area contributed by atoms with Gasteiger partial charge in [-0.05, 0) is 6.92 Å². The van der Waals surface area contributed by atoms with Crippen molar-refractivity contribution in [3.63, 3.8) is 0 Å². The summed E-state index contributed by atoms with van der Waals surface area (Å²) in [5.41, 5.74) is 13.0. The Kier molecular flexibility index (Phi) is 1.63. The van der Waals surface area contributed by atoms with Crippen LogP contribution in [0, 0.1) is 6.92 Å². The molecule has 0 radical (unpaired) electrons. The van der Waals surface area contributed by atoms with E-state index in [0.29, 0.717) is 12.4 Å². The second-order valence-electron chi connectivity index (χ2n) is 2.28. The topological polar surface area (TPSA) is 69.9 Å². The van der Waals surface area contributed by atoms with E-state index in [1.54, 1.807) is 4.68 Å². The Morgan fingerprint density at radius 3 is 2.40 bits per heavy atom. The van der Waals surface area contributed by atoms with E-state index in [9.17, 15) is 0 Å². The Bertz CT molecular complexity index is 238. The van der Waals surface area contributed by atoms with Crippen LogP contribution in [0.2, 0.25) is 0 Å². The molecule has 4 heteroatoms. The van der Waals surface area contributed by atoms with Crippen molar-refractivity contribution in [1.82, 2.24) is 9.78 Å². The first-order valence-electron chi connectivity index (χ1n) is 3.14. The van der Waals surface area contributed by atoms with Gasteiger partial charge in [-0.1, -0.05) is 0 Å². The molecule has 10 heavy (non-hydrogen) atoms. The van der Waals surface area contributed by atoms with Crippen LogP contribution >= 0.6 is 0 Å². The van der Waals surface area contributed by atoms with Crippen molar-refractivity contribution >= 4 is 5.82 Å². The van der Waals surface area contributed by atoms with Crippen LogP contribution in [0.3, 0.4) is 0 Å². The lowest BCUT2D eigenvalue weighted by molar-refractivity contribution is 0.740. The highest BCUT2D eigenvalue weighted by Crippen LogP contribution is 2.12. The summed E-state index contributed by atoms with van der Waals surface area (Å²) in [5.74, 6) is 0.544. The molecule has 4 nitrogen and oxygen atoms in total. The highest BCUT2D eigenvalue weighted by Gasteiger charge is 2.06. The Hall–Kier alpha value is -1.03. The molecular formula is C6H12N4. The third-order valence-electron chi connectivity index (χ3n) is 1.69. The summed E-state index contributed by atoms with van der Waals surface area (Å²) in [6, 6.07) is 0. The number of hydrogen-bond acceptors (Lipinski definition) is 3. The Morgan fingerprint density at radius 1 is 1.60 bits per heavy atom. The van der Waals surface area contributed by atoms with Gasteiger partial charge in [-0.3, -0.25) is 4.68 Å². The third-order valence-corrected chi connectivity index (χ3v) is 1.69. The van der Waals surface area contributed by atoms with E-state index < -0.39 is 0 Å². The van der Waals surface area contributed by atoms with Crippen molar-refractivity contribution in [3.05, 3.63) is 11.3 Å².